The van der Waals surface area contributed by atoms with Gasteiger partial charge in [-0.2, -0.15) is 10.4 Å². The van der Waals surface area contributed by atoms with Crippen molar-refractivity contribution in [2.45, 2.75) is 32.7 Å². The Hall–Kier alpha value is -2.73. The van der Waals surface area contributed by atoms with E-state index in [9.17, 15) is 20.2 Å². The second-order valence-corrected chi connectivity index (χ2v) is 6.21. The van der Waals surface area contributed by atoms with E-state index in [1.807, 2.05) is 0 Å². The maximum atomic E-state index is 12.4. The molecule has 0 saturated heterocycles. The summed E-state index contributed by atoms with van der Waals surface area (Å²) < 4.78 is 1.34. The van der Waals surface area contributed by atoms with Gasteiger partial charge in [-0.15, -0.1) is 11.3 Å². The Bertz CT molecular complexity index is 845. The summed E-state index contributed by atoms with van der Waals surface area (Å²) in [6, 6.07) is 2.12. The van der Waals surface area contributed by atoms with Gasteiger partial charge in [0.05, 0.1) is 10.5 Å². The maximum absolute atomic E-state index is 12.4. The van der Waals surface area contributed by atoms with Crippen molar-refractivity contribution in [3.8, 4) is 6.07 Å². The van der Waals surface area contributed by atoms with Crippen molar-refractivity contribution in [1.29, 1.82) is 5.26 Å². The number of carbonyl (C=O) groups excluding carboxylic acids is 1. The first kappa shape index (κ1) is 15.2. The van der Waals surface area contributed by atoms with Gasteiger partial charge in [-0.25, -0.2) is 0 Å². The number of aryl methyl sites for hydroxylation is 2. The van der Waals surface area contributed by atoms with Gasteiger partial charge >= 0.3 is 5.69 Å². The molecule has 0 bridgehead atoms. The molecule has 0 spiro atoms. The van der Waals surface area contributed by atoms with Crippen LogP contribution in [0.25, 0.3) is 0 Å². The first-order valence-corrected chi connectivity index (χ1v) is 7.94. The van der Waals surface area contributed by atoms with Crippen molar-refractivity contribution in [3.63, 3.8) is 0 Å². The average molecular weight is 331 g/mol. The molecule has 23 heavy (non-hydrogen) atoms. The molecule has 0 unspecified atom stereocenters. The van der Waals surface area contributed by atoms with Crippen LogP contribution < -0.4 is 5.32 Å². The van der Waals surface area contributed by atoms with E-state index in [2.05, 4.69) is 16.5 Å². The Morgan fingerprint density at radius 3 is 3.04 bits per heavy atom. The number of anilines is 1. The van der Waals surface area contributed by atoms with E-state index in [4.69, 9.17) is 0 Å². The lowest BCUT2D eigenvalue weighted by molar-refractivity contribution is -0.385. The molecule has 1 N–H and O–H groups in total. The lowest BCUT2D eigenvalue weighted by Gasteiger charge is -2.01. The van der Waals surface area contributed by atoms with E-state index >= 15 is 0 Å². The predicted molar refractivity (Wildman–Crippen MR) is 83.6 cm³/mol. The van der Waals surface area contributed by atoms with E-state index in [-0.39, 0.29) is 11.4 Å². The van der Waals surface area contributed by atoms with E-state index < -0.39 is 10.8 Å². The van der Waals surface area contributed by atoms with Gasteiger partial charge in [0.15, 0.2) is 0 Å². The number of amides is 1. The summed E-state index contributed by atoms with van der Waals surface area (Å²) in [7, 11) is 0. The summed E-state index contributed by atoms with van der Waals surface area (Å²) >= 11 is 1.36. The van der Waals surface area contributed by atoms with Crippen LogP contribution in [0.2, 0.25) is 0 Å². The summed E-state index contributed by atoms with van der Waals surface area (Å²) in [4.78, 5) is 23.9. The summed E-state index contributed by atoms with van der Waals surface area (Å²) in [6.45, 7) is 2.20. The molecule has 0 aliphatic heterocycles. The maximum Gasteiger partial charge on any atom is 0.320 e. The molecular weight excluding hydrogens is 318 g/mol. The Morgan fingerprint density at radius 1 is 1.61 bits per heavy atom. The highest BCUT2D eigenvalue weighted by atomic mass is 32.1. The average Bonchev–Trinajstić information content (AvgIpc) is 3.20. The lowest BCUT2D eigenvalue weighted by Crippen LogP contribution is -2.14. The highest BCUT2D eigenvalue weighted by Gasteiger charge is 2.28. The molecule has 118 valence electrons. The van der Waals surface area contributed by atoms with Crippen LogP contribution in [0, 0.1) is 21.4 Å². The third-order valence-electron chi connectivity index (χ3n) is 3.74. The fourth-order valence-corrected chi connectivity index (χ4v) is 3.88. The van der Waals surface area contributed by atoms with Gasteiger partial charge in [0, 0.05) is 11.4 Å². The summed E-state index contributed by atoms with van der Waals surface area (Å²) in [5.41, 5.74) is 0.871. The fraction of sp³-hybridized carbons (Fsp3) is 0.357. The minimum atomic E-state index is -0.666. The second-order valence-electron chi connectivity index (χ2n) is 5.10. The van der Waals surface area contributed by atoms with Crippen molar-refractivity contribution < 1.29 is 9.72 Å². The molecule has 2 aromatic heterocycles. The van der Waals surface area contributed by atoms with E-state index in [0.717, 1.165) is 29.7 Å². The number of nitriles is 1. The molecule has 0 radical (unpaired) electrons. The topological polar surface area (TPSA) is 114 Å². The molecular formula is C14H13N5O3S. The molecule has 0 saturated carbocycles. The molecule has 1 amide bonds. The van der Waals surface area contributed by atoms with Crippen LogP contribution in [0.4, 0.5) is 10.7 Å². The van der Waals surface area contributed by atoms with Gasteiger partial charge in [0.2, 0.25) is 5.69 Å². The number of thiophene rings is 1. The fourth-order valence-electron chi connectivity index (χ4n) is 2.64. The van der Waals surface area contributed by atoms with Crippen LogP contribution in [0.3, 0.4) is 0 Å². The smallest absolute Gasteiger partial charge is 0.311 e. The molecule has 2 heterocycles. The molecule has 0 aromatic carbocycles. The zero-order valence-electron chi connectivity index (χ0n) is 12.3. The van der Waals surface area contributed by atoms with Gasteiger partial charge in [0.25, 0.3) is 5.91 Å². The van der Waals surface area contributed by atoms with Crippen molar-refractivity contribution in [2.75, 3.05) is 5.32 Å². The van der Waals surface area contributed by atoms with E-state index in [0.29, 0.717) is 17.1 Å². The Morgan fingerprint density at radius 2 is 2.39 bits per heavy atom. The van der Waals surface area contributed by atoms with Crippen LogP contribution in [0.1, 0.15) is 39.8 Å². The first-order chi connectivity index (χ1) is 11.0. The van der Waals surface area contributed by atoms with Gasteiger partial charge in [-0.1, -0.05) is 0 Å². The largest absolute Gasteiger partial charge is 0.320 e. The van der Waals surface area contributed by atoms with E-state index in [1.165, 1.54) is 22.2 Å². The standard InChI is InChI=1S/C14H13N5O3S/c1-2-18-7-10(19(21)22)12(17-18)13(20)16-14-9(6-15)8-4-3-5-11(8)23-14/h7H,2-5H2,1H3,(H,16,20). The molecule has 8 nitrogen and oxygen atoms in total. The zero-order valence-corrected chi connectivity index (χ0v) is 13.1. The summed E-state index contributed by atoms with van der Waals surface area (Å²) in [5, 5.41) is 27.4. The summed E-state index contributed by atoms with van der Waals surface area (Å²) in [6.07, 6.45) is 3.97. The molecule has 0 atom stereocenters. The molecule has 2 aromatic rings. The van der Waals surface area contributed by atoms with Gasteiger partial charge in [-0.3, -0.25) is 19.6 Å². The lowest BCUT2D eigenvalue weighted by atomic mass is 10.1. The molecule has 1 aliphatic carbocycles. The predicted octanol–water partition coefficient (Wildman–Crippen LogP) is 2.49. The minimum absolute atomic E-state index is 0.241. The van der Waals surface area contributed by atoms with Gasteiger partial charge in [-0.05, 0) is 31.7 Å². The normalized spacial score (nSPS) is 12.7. The quantitative estimate of drug-likeness (QED) is 0.683. The zero-order chi connectivity index (χ0) is 16.6. The molecule has 9 heteroatoms. The number of nitrogens with zero attached hydrogens (tertiary/aromatic N) is 4. The van der Waals surface area contributed by atoms with Crippen LogP contribution in [-0.2, 0) is 19.4 Å². The monoisotopic (exact) mass is 331 g/mol. The minimum Gasteiger partial charge on any atom is -0.311 e. The number of nitrogens with one attached hydrogen (secondary N) is 1. The Labute approximate surface area is 135 Å². The number of carbonyl (C=O) groups is 1. The van der Waals surface area contributed by atoms with Crippen LogP contribution in [-0.4, -0.2) is 20.6 Å². The molecule has 0 fully saturated rings. The number of aromatic nitrogens is 2. The highest BCUT2D eigenvalue weighted by molar-refractivity contribution is 7.16. The number of fused-ring (bicyclic) bond motifs is 1. The Kier molecular flexibility index (Phi) is 3.83. The van der Waals surface area contributed by atoms with Gasteiger partial charge < -0.3 is 5.32 Å². The van der Waals surface area contributed by atoms with Crippen molar-refractivity contribution >= 4 is 27.9 Å². The van der Waals surface area contributed by atoms with Crippen LogP contribution >= 0.6 is 11.3 Å². The summed E-state index contributed by atoms with van der Waals surface area (Å²) in [5.74, 6) is -0.666. The number of nitro groups is 1. The van der Waals surface area contributed by atoms with Crippen LogP contribution in [0.15, 0.2) is 6.20 Å². The highest BCUT2D eigenvalue weighted by Crippen LogP contribution is 2.38. The third kappa shape index (κ3) is 2.57. The van der Waals surface area contributed by atoms with Crippen molar-refractivity contribution in [1.82, 2.24) is 9.78 Å². The second kappa shape index (κ2) is 5.81. The first-order valence-electron chi connectivity index (χ1n) is 7.13. The SMILES string of the molecule is CCn1cc([N+](=O)[O-])c(C(=O)Nc2sc3c(c2C#N)CCC3)n1. The number of rotatable bonds is 4. The third-order valence-corrected chi connectivity index (χ3v) is 4.95. The Balaban J connectivity index is 1.93. The molecule has 1 aliphatic rings. The number of hydrogen-bond donors (Lipinski definition) is 1. The van der Waals surface area contributed by atoms with Gasteiger partial charge in [0.1, 0.15) is 17.3 Å². The van der Waals surface area contributed by atoms with Crippen LogP contribution in [0.5, 0.6) is 0 Å². The molecule has 3 rings (SSSR count). The van der Waals surface area contributed by atoms with Crippen molar-refractivity contribution in [2.24, 2.45) is 0 Å². The van der Waals surface area contributed by atoms with Crippen molar-refractivity contribution in [3.05, 3.63) is 38.0 Å². The number of hydrogen-bond acceptors (Lipinski definition) is 6. The van der Waals surface area contributed by atoms with E-state index in [1.54, 1.807) is 6.92 Å².